The Morgan fingerprint density at radius 1 is 1.25 bits per heavy atom. The van der Waals surface area contributed by atoms with Gasteiger partial charge in [-0.3, -0.25) is 4.79 Å². The normalized spacial score (nSPS) is 10.2. The predicted octanol–water partition coefficient (Wildman–Crippen LogP) is 4.29. The van der Waals surface area contributed by atoms with Crippen LogP contribution in [0, 0.1) is 0 Å². The van der Waals surface area contributed by atoms with E-state index >= 15 is 0 Å². The molecule has 0 heterocycles. The van der Waals surface area contributed by atoms with Crippen LogP contribution in [0.4, 0.5) is 5.69 Å². The molecule has 104 valence electrons. The fourth-order valence-corrected chi connectivity index (χ4v) is 2.25. The fraction of sp³-hybridized carbons (Fsp3) is 0.133. The van der Waals surface area contributed by atoms with Crippen LogP contribution in [0.1, 0.15) is 5.56 Å². The van der Waals surface area contributed by atoms with Gasteiger partial charge in [-0.1, -0.05) is 39.7 Å². The van der Waals surface area contributed by atoms with E-state index in [9.17, 15) is 4.79 Å². The largest absolute Gasteiger partial charge is 0.495 e. The van der Waals surface area contributed by atoms with E-state index < -0.39 is 0 Å². The first-order valence-electron chi connectivity index (χ1n) is 5.96. The molecule has 2 aromatic rings. The molecule has 0 radical (unpaired) electrons. The van der Waals surface area contributed by atoms with Crippen molar-refractivity contribution in [3.05, 3.63) is 57.5 Å². The van der Waals surface area contributed by atoms with Crippen molar-refractivity contribution >= 4 is 39.1 Å². The number of carbonyl (C=O) groups excluding carboxylic acids is 1. The van der Waals surface area contributed by atoms with E-state index in [0.717, 1.165) is 10.0 Å². The van der Waals surface area contributed by atoms with Crippen LogP contribution in [0.3, 0.4) is 0 Å². The number of anilines is 1. The maximum Gasteiger partial charge on any atom is 0.228 e. The minimum absolute atomic E-state index is 0.108. The lowest BCUT2D eigenvalue weighted by Crippen LogP contribution is -2.15. The molecular weight excluding hydrogens is 342 g/mol. The summed E-state index contributed by atoms with van der Waals surface area (Å²) < 4.78 is 6.09. The highest BCUT2D eigenvalue weighted by atomic mass is 79.9. The Bertz CT molecular complexity index is 614. The van der Waals surface area contributed by atoms with Crippen LogP contribution < -0.4 is 10.1 Å². The van der Waals surface area contributed by atoms with Gasteiger partial charge in [-0.15, -0.1) is 0 Å². The Balaban J connectivity index is 2.08. The number of carbonyl (C=O) groups is 1. The van der Waals surface area contributed by atoms with Crippen molar-refractivity contribution in [2.45, 2.75) is 6.42 Å². The second-order valence-electron chi connectivity index (χ2n) is 4.20. The molecule has 2 rings (SSSR count). The minimum Gasteiger partial charge on any atom is -0.495 e. The molecule has 0 spiro atoms. The molecule has 0 unspecified atom stereocenters. The molecule has 0 saturated heterocycles. The van der Waals surface area contributed by atoms with Crippen LogP contribution in [-0.4, -0.2) is 13.0 Å². The summed E-state index contributed by atoms with van der Waals surface area (Å²) >= 11 is 9.18. The minimum atomic E-state index is -0.108. The van der Waals surface area contributed by atoms with Crippen LogP contribution in [0.25, 0.3) is 0 Å². The van der Waals surface area contributed by atoms with Crippen molar-refractivity contribution in [2.75, 3.05) is 12.4 Å². The first kappa shape index (κ1) is 14.9. The Labute approximate surface area is 131 Å². The van der Waals surface area contributed by atoms with Crippen LogP contribution in [-0.2, 0) is 11.2 Å². The number of amides is 1. The highest BCUT2D eigenvalue weighted by molar-refractivity contribution is 9.10. The molecule has 2 aromatic carbocycles. The van der Waals surface area contributed by atoms with Crippen molar-refractivity contribution in [1.82, 2.24) is 0 Å². The third-order valence-corrected chi connectivity index (χ3v) is 3.46. The monoisotopic (exact) mass is 353 g/mol. The zero-order valence-electron chi connectivity index (χ0n) is 10.8. The molecule has 0 bridgehead atoms. The molecule has 0 aliphatic carbocycles. The van der Waals surface area contributed by atoms with Gasteiger partial charge in [-0.25, -0.2) is 0 Å². The molecule has 20 heavy (non-hydrogen) atoms. The Kier molecular flexibility index (Phi) is 5.04. The maximum absolute atomic E-state index is 12.0. The van der Waals surface area contributed by atoms with Crippen molar-refractivity contribution < 1.29 is 9.53 Å². The number of nitrogens with one attached hydrogen (secondary N) is 1. The summed E-state index contributed by atoms with van der Waals surface area (Å²) in [5, 5.41) is 3.49. The second-order valence-corrected chi connectivity index (χ2v) is 5.55. The maximum atomic E-state index is 12.0. The average molecular weight is 355 g/mol. The standard InChI is InChI=1S/C15H13BrClNO2/c1-20-14-7-4-11(16)9-13(14)18-15(19)8-10-2-5-12(17)6-3-10/h2-7,9H,8H2,1H3,(H,18,19). The molecule has 1 N–H and O–H groups in total. The van der Waals surface area contributed by atoms with E-state index in [1.165, 1.54) is 0 Å². The van der Waals surface area contributed by atoms with E-state index in [1.807, 2.05) is 18.2 Å². The number of methoxy groups -OCH3 is 1. The second kappa shape index (κ2) is 6.77. The van der Waals surface area contributed by atoms with Crippen LogP contribution >= 0.6 is 27.5 Å². The lowest BCUT2D eigenvalue weighted by molar-refractivity contribution is -0.115. The van der Waals surface area contributed by atoms with E-state index in [4.69, 9.17) is 16.3 Å². The molecule has 0 atom stereocenters. The molecule has 3 nitrogen and oxygen atoms in total. The molecule has 1 amide bonds. The third-order valence-electron chi connectivity index (χ3n) is 2.71. The smallest absolute Gasteiger partial charge is 0.228 e. The number of benzene rings is 2. The van der Waals surface area contributed by atoms with Gasteiger partial charge < -0.3 is 10.1 Å². The zero-order chi connectivity index (χ0) is 14.5. The molecule has 0 aromatic heterocycles. The van der Waals surface area contributed by atoms with Gasteiger partial charge in [0.2, 0.25) is 5.91 Å². The molecule has 0 fully saturated rings. The van der Waals surface area contributed by atoms with Crippen molar-refractivity contribution in [3.8, 4) is 5.75 Å². The highest BCUT2D eigenvalue weighted by Gasteiger charge is 2.09. The summed E-state index contributed by atoms with van der Waals surface area (Å²) in [7, 11) is 1.57. The number of hydrogen-bond donors (Lipinski definition) is 1. The summed E-state index contributed by atoms with van der Waals surface area (Å²) in [6, 6.07) is 12.7. The van der Waals surface area contributed by atoms with Gasteiger partial charge in [-0.05, 0) is 35.9 Å². The number of rotatable bonds is 4. The lowest BCUT2D eigenvalue weighted by Gasteiger charge is -2.10. The average Bonchev–Trinajstić information content (AvgIpc) is 2.41. The lowest BCUT2D eigenvalue weighted by atomic mass is 10.1. The Morgan fingerprint density at radius 3 is 2.60 bits per heavy atom. The van der Waals surface area contributed by atoms with Crippen LogP contribution in [0.5, 0.6) is 5.75 Å². The van der Waals surface area contributed by atoms with Crippen molar-refractivity contribution in [3.63, 3.8) is 0 Å². The van der Waals surface area contributed by atoms with Gasteiger partial charge >= 0.3 is 0 Å². The van der Waals surface area contributed by atoms with Gasteiger partial charge in [0, 0.05) is 9.50 Å². The summed E-state index contributed by atoms with van der Waals surface area (Å²) in [5.74, 6) is 0.515. The molecule has 5 heteroatoms. The quantitative estimate of drug-likeness (QED) is 0.889. The molecule has 0 aliphatic heterocycles. The first-order valence-corrected chi connectivity index (χ1v) is 7.13. The zero-order valence-corrected chi connectivity index (χ0v) is 13.2. The van der Waals surface area contributed by atoms with Gasteiger partial charge in [0.25, 0.3) is 0 Å². The Morgan fingerprint density at radius 2 is 1.95 bits per heavy atom. The van der Waals surface area contributed by atoms with Gasteiger partial charge in [0.05, 0.1) is 19.2 Å². The third kappa shape index (κ3) is 3.99. The fourth-order valence-electron chi connectivity index (χ4n) is 1.76. The van der Waals surface area contributed by atoms with Crippen molar-refractivity contribution in [2.24, 2.45) is 0 Å². The van der Waals surface area contributed by atoms with Crippen LogP contribution in [0.15, 0.2) is 46.9 Å². The summed E-state index contributed by atoms with van der Waals surface area (Å²) in [6.07, 6.45) is 0.285. The first-order chi connectivity index (χ1) is 9.58. The van der Waals surface area contributed by atoms with E-state index in [1.54, 1.807) is 31.4 Å². The number of hydrogen-bond acceptors (Lipinski definition) is 2. The van der Waals surface area contributed by atoms with Crippen molar-refractivity contribution in [1.29, 1.82) is 0 Å². The summed E-state index contributed by atoms with van der Waals surface area (Å²) in [5.41, 5.74) is 1.54. The highest BCUT2D eigenvalue weighted by Crippen LogP contribution is 2.28. The Hall–Kier alpha value is -1.52. The summed E-state index contributed by atoms with van der Waals surface area (Å²) in [4.78, 5) is 12.0. The van der Waals surface area contributed by atoms with E-state index in [-0.39, 0.29) is 12.3 Å². The van der Waals surface area contributed by atoms with Gasteiger partial charge in [0.1, 0.15) is 5.75 Å². The summed E-state index contributed by atoms with van der Waals surface area (Å²) in [6.45, 7) is 0. The predicted molar refractivity (Wildman–Crippen MR) is 84.5 cm³/mol. The number of ether oxygens (including phenoxy) is 1. The molecule has 0 saturated carbocycles. The van der Waals surface area contributed by atoms with E-state index in [0.29, 0.717) is 16.5 Å². The van der Waals surface area contributed by atoms with E-state index in [2.05, 4.69) is 21.2 Å². The molecule has 0 aliphatic rings. The van der Waals surface area contributed by atoms with Gasteiger partial charge in [0.15, 0.2) is 0 Å². The topological polar surface area (TPSA) is 38.3 Å². The van der Waals surface area contributed by atoms with Crippen LogP contribution in [0.2, 0.25) is 5.02 Å². The number of halogens is 2. The van der Waals surface area contributed by atoms with Gasteiger partial charge in [-0.2, -0.15) is 0 Å². The SMILES string of the molecule is COc1ccc(Br)cc1NC(=O)Cc1ccc(Cl)cc1. The molecular formula is C15H13BrClNO2.